The summed E-state index contributed by atoms with van der Waals surface area (Å²) in [6.45, 7) is 9.46. The number of rotatable bonds is 7. The SMILES string of the molecule is CCN(CC)C[C@H](Oc1ccc(C)cc1)c1ccccc1. The second-order valence-electron chi connectivity index (χ2n) is 5.32. The predicted molar refractivity (Wildman–Crippen MR) is 88.8 cm³/mol. The average molecular weight is 283 g/mol. The van der Waals surface area contributed by atoms with Crippen molar-refractivity contribution in [1.29, 1.82) is 0 Å². The molecule has 0 aliphatic carbocycles. The molecule has 0 aliphatic rings. The topological polar surface area (TPSA) is 12.5 Å². The molecule has 2 aromatic carbocycles. The van der Waals surface area contributed by atoms with Crippen LogP contribution in [0.15, 0.2) is 54.6 Å². The van der Waals surface area contributed by atoms with Crippen LogP contribution in [0.1, 0.15) is 31.1 Å². The lowest BCUT2D eigenvalue weighted by atomic mass is 10.1. The highest BCUT2D eigenvalue weighted by molar-refractivity contribution is 5.28. The molecule has 0 amide bonds. The zero-order valence-corrected chi connectivity index (χ0v) is 13.3. The van der Waals surface area contributed by atoms with Crippen molar-refractivity contribution in [3.8, 4) is 5.75 Å². The molecule has 2 aromatic rings. The van der Waals surface area contributed by atoms with E-state index in [4.69, 9.17) is 4.74 Å². The third kappa shape index (κ3) is 4.61. The molecule has 2 rings (SSSR count). The molecule has 0 radical (unpaired) electrons. The summed E-state index contributed by atoms with van der Waals surface area (Å²) in [5, 5.41) is 0. The first-order valence-corrected chi connectivity index (χ1v) is 7.73. The molecular weight excluding hydrogens is 258 g/mol. The molecule has 0 aliphatic heterocycles. The average Bonchev–Trinajstić information content (AvgIpc) is 2.54. The first kappa shape index (κ1) is 15.6. The molecule has 21 heavy (non-hydrogen) atoms. The van der Waals surface area contributed by atoms with E-state index < -0.39 is 0 Å². The first-order chi connectivity index (χ1) is 10.2. The quantitative estimate of drug-likeness (QED) is 0.744. The number of nitrogens with zero attached hydrogens (tertiary/aromatic N) is 1. The summed E-state index contributed by atoms with van der Waals surface area (Å²) in [5.74, 6) is 0.932. The Morgan fingerprint density at radius 2 is 1.52 bits per heavy atom. The minimum absolute atomic E-state index is 0.0637. The van der Waals surface area contributed by atoms with Gasteiger partial charge in [-0.25, -0.2) is 0 Å². The normalized spacial score (nSPS) is 12.4. The summed E-state index contributed by atoms with van der Waals surface area (Å²) in [7, 11) is 0. The lowest BCUT2D eigenvalue weighted by Gasteiger charge is -2.26. The summed E-state index contributed by atoms with van der Waals surface area (Å²) in [5.41, 5.74) is 2.48. The predicted octanol–water partition coefficient (Wildman–Crippen LogP) is 4.46. The third-order valence-electron chi connectivity index (χ3n) is 3.79. The molecule has 0 fully saturated rings. The number of aryl methyl sites for hydroxylation is 1. The van der Waals surface area contributed by atoms with Gasteiger partial charge in [0.25, 0.3) is 0 Å². The highest BCUT2D eigenvalue weighted by atomic mass is 16.5. The number of hydrogen-bond donors (Lipinski definition) is 0. The fraction of sp³-hybridized carbons (Fsp3) is 0.368. The minimum Gasteiger partial charge on any atom is -0.484 e. The van der Waals surface area contributed by atoms with E-state index in [0.717, 1.165) is 25.4 Å². The van der Waals surface area contributed by atoms with Gasteiger partial charge in [-0.15, -0.1) is 0 Å². The van der Waals surface area contributed by atoms with E-state index in [1.807, 2.05) is 18.2 Å². The Bertz CT molecular complexity index is 517. The summed E-state index contributed by atoms with van der Waals surface area (Å²) < 4.78 is 6.25. The van der Waals surface area contributed by atoms with E-state index in [0.29, 0.717) is 0 Å². The molecule has 0 heterocycles. The van der Waals surface area contributed by atoms with Gasteiger partial charge in [0.2, 0.25) is 0 Å². The zero-order chi connectivity index (χ0) is 15.1. The Morgan fingerprint density at radius 1 is 0.905 bits per heavy atom. The van der Waals surface area contributed by atoms with E-state index in [1.54, 1.807) is 0 Å². The van der Waals surface area contributed by atoms with Crippen LogP contribution < -0.4 is 4.74 Å². The minimum atomic E-state index is 0.0637. The van der Waals surface area contributed by atoms with Gasteiger partial charge in [-0.3, -0.25) is 4.90 Å². The molecule has 0 aromatic heterocycles. The maximum atomic E-state index is 6.25. The van der Waals surface area contributed by atoms with Crippen molar-refractivity contribution in [2.75, 3.05) is 19.6 Å². The molecule has 2 heteroatoms. The molecule has 2 nitrogen and oxygen atoms in total. The second kappa shape index (κ2) is 7.84. The van der Waals surface area contributed by atoms with Crippen LogP contribution in [-0.2, 0) is 0 Å². The van der Waals surface area contributed by atoms with E-state index in [-0.39, 0.29) is 6.10 Å². The molecule has 0 saturated carbocycles. The first-order valence-electron chi connectivity index (χ1n) is 7.73. The van der Waals surface area contributed by atoms with Gasteiger partial charge in [0.15, 0.2) is 0 Å². The summed E-state index contributed by atoms with van der Waals surface area (Å²) in [4.78, 5) is 2.39. The maximum Gasteiger partial charge on any atom is 0.136 e. The number of likely N-dealkylation sites (N-methyl/N-ethyl adjacent to an activating group) is 1. The van der Waals surface area contributed by atoms with Gasteiger partial charge in [-0.2, -0.15) is 0 Å². The van der Waals surface area contributed by atoms with E-state index in [2.05, 4.69) is 62.1 Å². The van der Waals surface area contributed by atoms with Gasteiger partial charge in [-0.1, -0.05) is 61.9 Å². The molecule has 112 valence electrons. The highest BCUT2D eigenvalue weighted by Gasteiger charge is 2.16. The van der Waals surface area contributed by atoms with Crippen LogP contribution in [-0.4, -0.2) is 24.5 Å². The second-order valence-corrected chi connectivity index (χ2v) is 5.32. The lowest BCUT2D eigenvalue weighted by Crippen LogP contribution is -2.30. The van der Waals surface area contributed by atoms with Crippen LogP contribution in [0.5, 0.6) is 5.75 Å². The fourth-order valence-corrected chi connectivity index (χ4v) is 2.38. The van der Waals surface area contributed by atoms with Crippen molar-refractivity contribution in [2.24, 2.45) is 0 Å². The van der Waals surface area contributed by atoms with Crippen molar-refractivity contribution in [2.45, 2.75) is 26.9 Å². The standard InChI is InChI=1S/C19H25NO/c1-4-20(5-2)15-19(17-9-7-6-8-10-17)21-18-13-11-16(3)12-14-18/h6-14,19H,4-5,15H2,1-3H3/t19-/m0/s1. The van der Waals surface area contributed by atoms with Crippen molar-refractivity contribution < 1.29 is 4.74 Å². The fourth-order valence-electron chi connectivity index (χ4n) is 2.38. The van der Waals surface area contributed by atoms with Gasteiger partial charge < -0.3 is 4.74 Å². The van der Waals surface area contributed by atoms with Crippen LogP contribution in [0.25, 0.3) is 0 Å². The van der Waals surface area contributed by atoms with E-state index >= 15 is 0 Å². The number of ether oxygens (including phenoxy) is 1. The van der Waals surface area contributed by atoms with Crippen molar-refractivity contribution >= 4 is 0 Å². The van der Waals surface area contributed by atoms with Crippen molar-refractivity contribution in [3.05, 3.63) is 65.7 Å². The van der Waals surface area contributed by atoms with Crippen molar-refractivity contribution in [1.82, 2.24) is 4.90 Å². The van der Waals surface area contributed by atoms with Crippen LogP contribution in [0.2, 0.25) is 0 Å². The Balaban J connectivity index is 2.17. The molecule has 0 N–H and O–H groups in total. The monoisotopic (exact) mass is 283 g/mol. The Labute approximate surface area is 128 Å². The van der Waals surface area contributed by atoms with Gasteiger partial charge >= 0.3 is 0 Å². The molecule has 0 unspecified atom stereocenters. The number of benzene rings is 2. The Hall–Kier alpha value is -1.80. The summed E-state index contributed by atoms with van der Waals surface area (Å²) >= 11 is 0. The van der Waals surface area contributed by atoms with E-state index in [9.17, 15) is 0 Å². The van der Waals surface area contributed by atoms with Crippen LogP contribution in [0.4, 0.5) is 0 Å². The Morgan fingerprint density at radius 3 is 2.10 bits per heavy atom. The van der Waals surface area contributed by atoms with Crippen LogP contribution >= 0.6 is 0 Å². The van der Waals surface area contributed by atoms with Gasteiger partial charge in [0.05, 0.1) is 0 Å². The lowest BCUT2D eigenvalue weighted by molar-refractivity contribution is 0.140. The van der Waals surface area contributed by atoms with Gasteiger partial charge in [-0.05, 0) is 37.7 Å². The number of hydrogen-bond acceptors (Lipinski definition) is 2. The highest BCUT2D eigenvalue weighted by Crippen LogP contribution is 2.23. The van der Waals surface area contributed by atoms with Crippen LogP contribution in [0.3, 0.4) is 0 Å². The smallest absolute Gasteiger partial charge is 0.136 e. The third-order valence-corrected chi connectivity index (χ3v) is 3.79. The molecular formula is C19H25NO. The van der Waals surface area contributed by atoms with Crippen LogP contribution in [0, 0.1) is 6.92 Å². The van der Waals surface area contributed by atoms with Gasteiger partial charge in [0.1, 0.15) is 11.9 Å². The Kier molecular flexibility index (Phi) is 5.82. The largest absolute Gasteiger partial charge is 0.484 e. The van der Waals surface area contributed by atoms with Crippen molar-refractivity contribution in [3.63, 3.8) is 0 Å². The van der Waals surface area contributed by atoms with Gasteiger partial charge in [0, 0.05) is 6.54 Å². The molecule has 0 saturated heterocycles. The maximum absolute atomic E-state index is 6.25. The van der Waals surface area contributed by atoms with E-state index in [1.165, 1.54) is 11.1 Å². The summed E-state index contributed by atoms with van der Waals surface area (Å²) in [6.07, 6.45) is 0.0637. The molecule has 1 atom stereocenters. The molecule has 0 bridgehead atoms. The molecule has 0 spiro atoms. The zero-order valence-electron chi connectivity index (χ0n) is 13.3. The summed E-state index contributed by atoms with van der Waals surface area (Å²) in [6, 6.07) is 18.8.